The van der Waals surface area contributed by atoms with Crippen molar-refractivity contribution in [2.75, 3.05) is 7.11 Å². The van der Waals surface area contributed by atoms with Crippen molar-refractivity contribution in [1.29, 1.82) is 0 Å². The van der Waals surface area contributed by atoms with Crippen molar-refractivity contribution in [3.05, 3.63) is 65.2 Å². The largest absolute Gasteiger partial charge is 0.496 e. The Balaban J connectivity index is 1.82. The zero-order valence-corrected chi connectivity index (χ0v) is 24.1. The van der Waals surface area contributed by atoms with Gasteiger partial charge in [0.05, 0.1) is 18.7 Å². The lowest BCUT2D eigenvalue weighted by Gasteiger charge is -2.37. The lowest BCUT2D eigenvalue weighted by Crippen LogP contribution is -2.50. The third-order valence-corrected chi connectivity index (χ3v) is 8.44. The van der Waals surface area contributed by atoms with Gasteiger partial charge in [0, 0.05) is 42.8 Å². The van der Waals surface area contributed by atoms with Crippen molar-refractivity contribution in [2.24, 2.45) is 17.3 Å². The van der Waals surface area contributed by atoms with Gasteiger partial charge in [0.1, 0.15) is 11.8 Å². The Morgan fingerprint density at radius 1 is 1.10 bits per heavy atom. The fourth-order valence-electron chi connectivity index (χ4n) is 6.64. The van der Waals surface area contributed by atoms with E-state index < -0.39 is 71.3 Å². The molecule has 2 N–H and O–H groups in total. The number of ether oxygens (including phenoxy) is 1. The Morgan fingerprint density at radius 3 is 2.31 bits per heavy atom. The molecule has 5 atom stereocenters. The SMILES string of the molecule is COc1ccc(C(F)(F)F)cc1CN[C@H]1[C@H](C(C)(C)C)[C@@H](C(=O)O)N(C(=O)[C@H]2CCCC(F)(F)C2)[C@H]1c1ccccc1. The highest BCUT2D eigenvalue weighted by Gasteiger charge is 2.59. The number of aliphatic carboxylic acids is 1. The van der Waals surface area contributed by atoms with Gasteiger partial charge in [-0.05, 0) is 42.0 Å². The number of benzene rings is 2. The summed E-state index contributed by atoms with van der Waals surface area (Å²) in [5.41, 5.74) is -0.774. The topological polar surface area (TPSA) is 78.9 Å². The second-order valence-corrected chi connectivity index (χ2v) is 12.4. The average molecular weight is 597 g/mol. The Kier molecular flexibility index (Phi) is 8.92. The Hall–Kier alpha value is -3.21. The smallest absolute Gasteiger partial charge is 0.416 e. The van der Waals surface area contributed by atoms with Gasteiger partial charge in [-0.25, -0.2) is 13.6 Å². The van der Waals surface area contributed by atoms with Gasteiger partial charge in [-0.2, -0.15) is 13.2 Å². The highest BCUT2D eigenvalue weighted by atomic mass is 19.4. The second-order valence-electron chi connectivity index (χ2n) is 12.4. The van der Waals surface area contributed by atoms with Crippen LogP contribution in [0.2, 0.25) is 0 Å². The van der Waals surface area contributed by atoms with Crippen LogP contribution in [0.1, 0.15) is 69.2 Å². The lowest BCUT2D eigenvalue weighted by atomic mass is 9.72. The summed E-state index contributed by atoms with van der Waals surface area (Å²) in [6.45, 7) is 5.37. The number of carbonyl (C=O) groups excluding carboxylic acids is 1. The molecule has 1 saturated heterocycles. The third kappa shape index (κ3) is 6.55. The monoisotopic (exact) mass is 596 g/mol. The first-order valence-electron chi connectivity index (χ1n) is 14.0. The van der Waals surface area contributed by atoms with Crippen LogP contribution in [0.4, 0.5) is 22.0 Å². The summed E-state index contributed by atoms with van der Waals surface area (Å²) in [7, 11) is 1.34. The fourth-order valence-corrected chi connectivity index (χ4v) is 6.64. The number of amides is 1. The van der Waals surface area contributed by atoms with Crippen LogP contribution in [0.25, 0.3) is 0 Å². The van der Waals surface area contributed by atoms with Gasteiger partial charge >= 0.3 is 12.1 Å². The number of nitrogens with zero attached hydrogens (tertiary/aromatic N) is 1. The summed E-state index contributed by atoms with van der Waals surface area (Å²) in [5, 5.41) is 13.8. The minimum absolute atomic E-state index is 0.121. The standard InChI is InChI=1S/C31H37F5N2O4/c1-29(2,3)23-24(37-17-20-15-21(31(34,35)36)12-13-22(20)42-4)25(18-9-6-5-7-10-18)38(26(23)28(40)41)27(39)19-11-8-14-30(32,33)16-19/h5-7,9-10,12-13,15,19,23-26,37H,8,11,14,16-17H2,1-4H3,(H,40,41)/t19-,23-,24-,25-,26-/m0/s1. The number of hydrogen-bond acceptors (Lipinski definition) is 4. The summed E-state index contributed by atoms with van der Waals surface area (Å²) >= 11 is 0. The molecule has 1 saturated carbocycles. The van der Waals surface area contributed by atoms with E-state index in [9.17, 15) is 36.6 Å². The van der Waals surface area contributed by atoms with E-state index in [1.807, 2.05) is 20.8 Å². The molecule has 2 fully saturated rings. The van der Waals surface area contributed by atoms with Crippen LogP contribution in [-0.2, 0) is 22.3 Å². The third-order valence-electron chi connectivity index (χ3n) is 8.44. The first-order valence-corrected chi connectivity index (χ1v) is 14.0. The number of halogens is 5. The quantitative estimate of drug-likeness (QED) is 0.348. The van der Waals surface area contributed by atoms with Gasteiger partial charge < -0.3 is 20.1 Å². The number of carbonyl (C=O) groups is 2. The zero-order valence-electron chi connectivity index (χ0n) is 24.1. The Morgan fingerprint density at radius 2 is 1.76 bits per heavy atom. The molecule has 0 radical (unpaired) electrons. The van der Waals surface area contributed by atoms with E-state index in [2.05, 4.69) is 5.32 Å². The number of methoxy groups -OCH3 is 1. The van der Waals surface area contributed by atoms with E-state index in [-0.39, 0.29) is 37.1 Å². The van der Waals surface area contributed by atoms with Gasteiger partial charge in [-0.15, -0.1) is 0 Å². The summed E-state index contributed by atoms with van der Waals surface area (Å²) in [5.74, 6) is -6.52. The maximum atomic E-state index is 14.4. The molecule has 1 amide bonds. The second kappa shape index (κ2) is 11.8. The molecule has 1 aliphatic carbocycles. The summed E-state index contributed by atoms with van der Waals surface area (Å²) in [6.07, 6.45) is -5.21. The van der Waals surface area contributed by atoms with Gasteiger partial charge in [0.25, 0.3) is 0 Å². The van der Waals surface area contributed by atoms with E-state index >= 15 is 0 Å². The van der Waals surface area contributed by atoms with E-state index in [1.54, 1.807) is 30.3 Å². The number of hydrogen-bond donors (Lipinski definition) is 2. The average Bonchev–Trinajstić information content (AvgIpc) is 3.26. The minimum Gasteiger partial charge on any atom is -0.496 e. The summed E-state index contributed by atoms with van der Waals surface area (Å²) in [4.78, 5) is 28.3. The molecule has 0 bridgehead atoms. The first kappa shape index (κ1) is 31.7. The molecule has 42 heavy (non-hydrogen) atoms. The molecule has 0 unspecified atom stereocenters. The predicted molar refractivity (Wildman–Crippen MR) is 146 cm³/mol. The molecule has 4 rings (SSSR count). The molecule has 1 heterocycles. The molecule has 6 nitrogen and oxygen atoms in total. The summed E-state index contributed by atoms with van der Waals surface area (Å²) in [6, 6.07) is 8.85. The minimum atomic E-state index is -4.59. The van der Waals surface area contributed by atoms with Crippen molar-refractivity contribution in [3.8, 4) is 5.75 Å². The highest BCUT2D eigenvalue weighted by Crippen LogP contribution is 2.50. The maximum absolute atomic E-state index is 14.4. The van der Waals surface area contributed by atoms with Crippen molar-refractivity contribution < 1.29 is 41.4 Å². The number of carboxylic acid groups (broad SMARTS) is 1. The molecule has 230 valence electrons. The predicted octanol–water partition coefficient (Wildman–Crippen LogP) is 6.70. The van der Waals surface area contributed by atoms with E-state index in [1.165, 1.54) is 18.1 Å². The molecule has 0 aromatic heterocycles. The van der Waals surface area contributed by atoms with Crippen LogP contribution in [0.5, 0.6) is 5.75 Å². The molecule has 2 aromatic rings. The Labute approximate surface area is 242 Å². The van der Waals surface area contributed by atoms with Crippen LogP contribution in [-0.4, -0.2) is 47.0 Å². The van der Waals surface area contributed by atoms with Gasteiger partial charge in [0.2, 0.25) is 11.8 Å². The molecular weight excluding hydrogens is 559 g/mol. The van der Waals surface area contributed by atoms with Gasteiger partial charge in [-0.3, -0.25) is 4.79 Å². The molecular formula is C31H37F5N2O4. The molecule has 11 heteroatoms. The Bertz CT molecular complexity index is 1280. The molecule has 2 aromatic carbocycles. The van der Waals surface area contributed by atoms with Crippen molar-refractivity contribution in [3.63, 3.8) is 0 Å². The van der Waals surface area contributed by atoms with Crippen molar-refractivity contribution >= 4 is 11.9 Å². The molecule has 1 aliphatic heterocycles. The van der Waals surface area contributed by atoms with Crippen LogP contribution in [0, 0.1) is 17.3 Å². The number of alkyl halides is 5. The first-order chi connectivity index (χ1) is 19.5. The van der Waals surface area contributed by atoms with Crippen LogP contribution < -0.4 is 10.1 Å². The fraction of sp³-hybridized carbons (Fsp3) is 0.548. The van der Waals surface area contributed by atoms with Crippen molar-refractivity contribution in [1.82, 2.24) is 10.2 Å². The number of nitrogens with one attached hydrogen (secondary N) is 1. The van der Waals surface area contributed by atoms with Crippen LogP contribution in [0.15, 0.2) is 48.5 Å². The number of likely N-dealkylation sites (tertiary alicyclic amines) is 1. The van der Waals surface area contributed by atoms with Gasteiger partial charge in [0.15, 0.2) is 0 Å². The van der Waals surface area contributed by atoms with E-state index in [4.69, 9.17) is 4.74 Å². The number of rotatable bonds is 7. The normalized spacial score (nSPS) is 26.2. The van der Waals surface area contributed by atoms with E-state index in [0.717, 1.165) is 12.1 Å². The van der Waals surface area contributed by atoms with E-state index in [0.29, 0.717) is 5.56 Å². The molecule has 0 spiro atoms. The lowest BCUT2D eigenvalue weighted by molar-refractivity contribution is -0.157. The van der Waals surface area contributed by atoms with Crippen LogP contribution >= 0.6 is 0 Å². The summed E-state index contributed by atoms with van der Waals surface area (Å²) < 4.78 is 74.8. The van der Waals surface area contributed by atoms with Gasteiger partial charge in [-0.1, -0.05) is 51.1 Å². The zero-order chi connectivity index (χ0) is 31.0. The van der Waals surface area contributed by atoms with Crippen molar-refractivity contribution in [2.45, 2.75) is 83.2 Å². The maximum Gasteiger partial charge on any atom is 0.416 e. The highest BCUT2D eigenvalue weighted by molar-refractivity contribution is 5.87. The molecule has 2 aliphatic rings. The van der Waals surface area contributed by atoms with Crippen LogP contribution in [0.3, 0.4) is 0 Å². The number of carboxylic acids is 1.